The van der Waals surface area contributed by atoms with E-state index >= 15 is 0 Å². The number of hydrogen-bond acceptors (Lipinski definition) is 4. The zero-order valence-corrected chi connectivity index (χ0v) is 16.8. The van der Waals surface area contributed by atoms with Crippen LogP contribution in [-0.4, -0.2) is 28.1 Å². The number of ether oxygens (including phenoxy) is 1. The molecule has 2 aromatic rings. The van der Waals surface area contributed by atoms with E-state index in [1.165, 1.54) is 19.9 Å². The first kappa shape index (κ1) is 22.8. The number of rotatable bonds is 2. The molecule has 31 heavy (non-hydrogen) atoms. The maximum Gasteiger partial charge on any atom is 0.425 e. The van der Waals surface area contributed by atoms with Gasteiger partial charge in [-0.2, -0.15) is 27.1 Å². The summed E-state index contributed by atoms with van der Waals surface area (Å²) in [5, 5.41) is 3.44. The van der Waals surface area contributed by atoms with Crippen molar-refractivity contribution in [1.29, 1.82) is 0 Å². The quantitative estimate of drug-likeness (QED) is 0.519. The Morgan fingerprint density at radius 2 is 2.00 bits per heavy atom. The molecule has 0 saturated carbocycles. The third-order valence-corrected chi connectivity index (χ3v) is 4.94. The van der Waals surface area contributed by atoms with Crippen LogP contribution < -0.4 is 5.73 Å². The second kappa shape index (κ2) is 8.00. The fourth-order valence-electron chi connectivity index (χ4n) is 3.12. The predicted octanol–water partition coefficient (Wildman–Crippen LogP) is 4.66. The highest BCUT2D eigenvalue weighted by molar-refractivity contribution is 6.31. The third-order valence-electron chi connectivity index (χ3n) is 4.67. The number of aryl methyl sites for hydroxylation is 1. The van der Waals surface area contributed by atoms with Crippen molar-refractivity contribution < 1.29 is 31.1 Å². The average molecular weight is 465 g/mol. The molecule has 1 aromatic carbocycles. The molecule has 12 heteroatoms. The lowest BCUT2D eigenvalue weighted by Gasteiger charge is -2.36. The highest BCUT2D eigenvalue weighted by atomic mass is 35.5. The fraction of sp³-hybridized carbons (Fsp3) is 0.368. The first-order chi connectivity index (χ1) is 14.3. The van der Waals surface area contributed by atoms with Gasteiger partial charge in [0.05, 0.1) is 16.8 Å². The van der Waals surface area contributed by atoms with Crippen molar-refractivity contribution in [3.8, 4) is 11.8 Å². The van der Waals surface area contributed by atoms with Crippen LogP contribution in [0.1, 0.15) is 42.3 Å². The number of amidine groups is 1. The first-order valence-electron chi connectivity index (χ1n) is 8.74. The van der Waals surface area contributed by atoms with Gasteiger partial charge in [0.1, 0.15) is 5.82 Å². The van der Waals surface area contributed by atoms with E-state index in [-0.39, 0.29) is 21.8 Å². The summed E-state index contributed by atoms with van der Waals surface area (Å²) in [6.45, 7) is -0.0862. The van der Waals surface area contributed by atoms with Crippen LogP contribution in [0.5, 0.6) is 0 Å². The molecule has 0 radical (unpaired) electrons. The SMILES string of the molecule is Cc1cc(F)c([C@]2(C)C[C@@H](C(F)(F)F)OC(N)=N2)cc1C#Cc1nn(C(F)F)cc1Cl. The van der Waals surface area contributed by atoms with Crippen molar-refractivity contribution in [2.24, 2.45) is 10.7 Å². The Hall–Kier alpha value is -2.87. The standard InChI is InChI=1S/C19H15ClF6N4O/c1-9-5-13(21)11(18(2)7-15(19(24,25)26)31-17(27)28-18)6-10(9)3-4-14-12(20)8-30(29-14)16(22)23/h5-6,8,15-16H,7H2,1-2H3,(H2,27,28)/t15-,18-/m0/s1. The monoisotopic (exact) mass is 464 g/mol. The van der Waals surface area contributed by atoms with Crippen molar-refractivity contribution in [2.75, 3.05) is 0 Å². The number of nitrogens with two attached hydrogens (primary N) is 1. The van der Waals surface area contributed by atoms with Gasteiger partial charge in [-0.25, -0.2) is 14.1 Å². The number of aliphatic imine (C=N–C) groups is 1. The number of nitrogens with zero attached hydrogens (tertiary/aromatic N) is 3. The molecule has 3 rings (SSSR count). The molecule has 1 aliphatic heterocycles. The molecular weight excluding hydrogens is 450 g/mol. The first-order valence-corrected chi connectivity index (χ1v) is 9.12. The molecule has 0 unspecified atom stereocenters. The van der Waals surface area contributed by atoms with E-state index in [0.717, 1.165) is 12.3 Å². The number of alkyl halides is 5. The summed E-state index contributed by atoms with van der Waals surface area (Å²) in [5.74, 6) is 4.36. The predicted molar refractivity (Wildman–Crippen MR) is 100 cm³/mol. The molecule has 0 fully saturated rings. The van der Waals surface area contributed by atoms with Gasteiger partial charge in [0, 0.05) is 17.5 Å². The molecule has 0 spiro atoms. The second-order valence-electron chi connectivity index (χ2n) is 7.06. The summed E-state index contributed by atoms with van der Waals surface area (Å²) < 4.78 is 84.7. The number of halogens is 7. The van der Waals surface area contributed by atoms with Crippen LogP contribution in [0, 0.1) is 24.6 Å². The van der Waals surface area contributed by atoms with E-state index in [4.69, 9.17) is 17.3 Å². The smallest absolute Gasteiger partial charge is 0.425 e. The van der Waals surface area contributed by atoms with E-state index in [9.17, 15) is 26.3 Å². The molecule has 0 amide bonds. The van der Waals surface area contributed by atoms with Crippen LogP contribution in [0.4, 0.5) is 26.3 Å². The lowest BCUT2D eigenvalue weighted by atomic mass is 9.84. The van der Waals surface area contributed by atoms with Crippen LogP contribution in [-0.2, 0) is 10.3 Å². The average Bonchev–Trinajstić information content (AvgIpc) is 3.00. The zero-order chi connectivity index (χ0) is 23.1. The van der Waals surface area contributed by atoms with Crippen LogP contribution >= 0.6 is 11.6 Å². The second-order valence-corrected chi connectivity index (χ2v) is 7.46. The highest BCUT2D eigenvalue weighted by Gasteiger charge is 2.50. The summed E-state index contributed by atoms with van der Waals surface area (Å²) in [6.07, 6.45) is -6.79. The van der Waals surface area contributed by atoms with Gasteiger partial charge >= 0.3 is 12.7 Å². The summed E-state index contributed by atoms with van der Waals surface area (Å²) in [5.41, 5.74) is 4.02. The topological polar surface area (TPSA) is 65.4 Å². The maximum atomic E-state index is 14.7. The third kappa shape index (κ3) is 4.74. The van der Waals surface area contributed by atoms with E-state index < -0.39 is 42.6 Å². The van der Waals surface area contributed by atoms with E-state index in [1.807, 2.05) is 0 Å². The molecule has 1 aromatic heterocycles. The van der Waals surface area contributed by atoms with Crippen LogP contribution in [0.15, 0.2) is 23.3 Å². The minimum atomic E-state index is -4.73. The molecule has 0 saturated heterocycles. The van der Waals surface area contributed by atoms with Crippen molar-refractivity contribution in [2.45, 2.75) is 44.6 Å². The molecular formula is C19H15ClF6N4O. The molecule has 166 valence electrons. The zero-order valence-electron chi connectivity index (χ0n) is 16.1. The summed E-state index contributed by atoms with van der Waals surface area (Å²) >= 11 is 5.84. The number of aromatic nitrogens is 2. The van der Waals surface area contributed by atoms with Gasteiger partial charge in [-0.3, -0.25) is 0 Å². The van der Waals surface area contributed by atoms with Gasteiger partial charge in [-0.05, 0) is 37.5 Å². The molecule has 2 atom stereocenters. The number of hydrogen-bond donors (Lipinski definition) is 1. The van der Waals surface area contributed by atoms with E-state index in [1.54, 1.807) is 0 Å². The van der Waals surface area contributed by atoms with Gasteiger partial charge in [0.15, 0.2) is 11.8 Å². The molecule has 0 aliphatic carbocycles. The van der Waals surface area contributed by atoms with Crippen LogP contribution in [0.25, 0.3) is 0 Å². The van der Waals surface area contributed by atoms with E-state index in [0.29, 0.717) is 10.2 Å². The number of benzene rings is 1. The minimum Gasteiger partial charge on any atom is -0.452 e. The lowest BCUT2D eigenvalue weighted by Crippen LogP contribution is -2.46. The fourth-order valence-corrected chi connectivity index (χ4v) is 3.30. The summed E-state index contributed by atoms with van der Waals surface area (Å²) in [4.78, 5) is 3.90. The summed E-state index contributed by atoms with van der Waals surface area (Å²) in [7, 11) is 0. The largest absolute Gasteiger partial charge is 0.452 e. The Bertz CT molecular complexity index is 1100. The normalized spacial score (nSPS) is 21.4. The Labute approximate surface area is 177 Å². The molecule has 1 aliphatic rings. The van der Waals surface area contributed by atoms with Crippen LogP contribution in [0.3, 0.4) is 0 Å². The van der Waals surface area contributed by atoms with Crippen molar-refractivity contribution in [1.82, 2.24) is 9.78 Å². The van der Waals surface area contributed by atoms with Gasteiger partial charge < -0.3 is 10.5 Å². The molecule has 2 heterocycles. The Morgan fingerprint density at radius 1 is 1.32 bits per heavy atom. The van der Waals surface area contributed by atoms with Gasteiger partial charge in [-0.15, -0.1) is 0 Å². The Balaban J connectivity index is 2.04. The van der Waals surface area contributed by atoms with Crippen molar-refractivity contribution in [3.05, 3.63) is 51.6 Å². The molecule has 5 nitrogen and oxygen atoms in total. The summed E-state index contributed by atoms with van der Waals surface area (Å²) in [6, 6.07) is 1.62. The minimum absolute atomic E-state index is 0.116. The maximum absolute atomic E-state index is 14.7. The van der Waals surface area contributed by atoms with Crippen molar-refractivity contribution >= 4 is 17.6 Å². The Morgan fingerprint density at radius 3 is 2.58 bits per heavy atom. The highest BCUT2D eigenvalue weighted by Crippen LogP contribution is 2.41. The molecule has 0 bridgehead atoms. The van der Waals surface area contributed by atoms with Crippen LogP contribution in [0.2, 0.25) is 5.02 Å². The Kier molecular flexibility index (Phi) is 5.88. The van der Waals surface area contributed by atoms with Gasteiger partial charge in [0.25, 0.3) is 6.02 Å². The lowest BCUT2D eigenvalue weighted by molar-refractivity contribution is -0.208. The van der Waals surface area contributed by atoms with Crippen molar-refractivity contribution in [3.63, 3.8) is 0 Å². The van der Waals surface area contributed by atoms with Gasteiger partial charge in [0.2, 0.25) is 0 Å². The molecule has 2 N–H and O–H groups in total. The van der Waals surface area contributed by atoms with E-state index in [2.05, 4.69) is 26.7 Å². The van der Waals surface area contributed by atoms with Gasteiger partial charge in [-0.1, -0.05) is 17.5 Å².